The molecular weight excluding hydrogens is 476 g/mol. The number of hydrogen-bond acceptors (Lipinski definition) is 4. The predicted molar refractivity (Wildman–Crippen MR) is 153 cm³/mol. The molecule has 38 heavy (non-hydrogen) atoms. The van der Waals surface area contributed by atoms with Crippen LogP contribution in [0, 0.1) is 19.8 Å². The molecule has 7 nitrogen and oxygen atoms in total. The smallest absolute Gasteiger partial charge is 0.322 e. The number of methoxy groups -OCH3 is 1. The molecule has 3 aromatic carbocycles. The number of carbonyl (C=O) groups is 1. The summed E-state index contributed by atoms with van der Waals surface area (Å²) < 4.78 is 6.96. The lowest BCUT2D eigenvalue weighted by atomic mass is 10.1. The summed E-state index contributed by atoms with van der Waals surface area (Å²) >= 11 is 0. The molecule has 2 amide bonds. The number of fused-ring (bicyclic) bond motifs is 1. The number of nitrogens with one attached hydrogen (secondary N) is 1. The number of nitrogens with zero attached hydrogens (tertiary/aromatic N) is 3. The van der Waals surface area contributed by atoms with Gasteiger partial charge in [0.25, 0.3) is 5.56 Å². The van der Waals surface area contributed by atoms with Crippen molar-refractivity contribution in [3.63, 3.8) is 0 Å². The van der Waals surface area contributed by atoms with E-state index in [-0.39, 0.29) is 17.5 Å². The zero-order valence-corrected chi connectivity index (χ0v) is 23.0. The summed E-state index contributed by atoms with van der Waals surface area (Å²) in [5.41, 5.74) is 3.90. The Morgan fingerprint density at radius 3 is 2.26 bits per heavy atom. The van der Waals surface area contributed by atoms with E-state index in [9.17, 15) is 9.59 Å². The third-order valence-electron chi connectivity index (χ3n) is 6.73. The van der Waals surface area contributed by atoms with Crippen LogP contribution in [0.5, 0.6) is 5.75 Å². The standard InChI is InChI=1S/C31H36N4O3/c1-7-27(34(19-20(2)3)31(37)33-28-21(4)11-10-12-22(28)5)29-32-26-14-9-8-13-25(26)30(36)35(29)23-15-17-24(38-6)18-16-23/h8-18,20,27H,7,19H2,1-6H3,(H,33,37). The molecule has 0 spiro atoms. The van der Waals surface area contributed by atoms with Gasteiger partial charge in [-0.15, -0.1) is 0 Å². The minimum Gasteiger partial charge on any atom is -0.497 e. The molecule has 1 unspecified atom stereocenters. The van der Waals surface area contributed by atoms with Crippen LogP contribution < -0.4 is 15.6 Å². The highest BCUT2D eigenvalue weighted by Crippen LogP contribution is 2.29. The van der Waals surface area contributed by atoms with E-state index in [1.807, 2.05) is 86.3 Å². The number of benzene rings is 3. The van der Waals surface area contributed by atoms with Gasteiger partial charge in [-0.2, -0.15) is 0 Å². The summed E-state index contributed by atoms with van der Waals surface area (Å²) in [5, 5.41) is 3.68. The molecule has 7 heteroatoms. The molecule has 1 aromatic heterocycles. The molecule has 0 saturated heterocycles. The second-order valence-corrected chi connectivity index (χ2v) is 9.99. The molecule has 198 valence electrons. The van der Waals surface area contributed by atoms with Crippen LogP contribution in [-0.4, -0.2) is 34.1 Å². The molecular formula is C31H36N4O3. The van der Waals surface area contributed by atoms with Crippen LogP contribution in [0.25, 0.3) is 16.6 Å². The molecule has 0 aliphatic rings. The quantitative estimate of drug-likeness (QED) is 0.287. The molecule has 4 rings (SSSR count). The second-order valence-electron chi connectivity index (χ2n) is 9.99. The van der Waals surface area contributed by atoms with Crippen LogP contribution in [0.3, 0.4) is 0 Å². The molecule has 0 aliphatic carbocycles. The first kappa shape index (κ1) is 26.9. The first-order chi connectivity index (χ1) is 18.2. The van der Waals surface area contributed by atoms with Crippen LogP contribution in [0.15, 0.2) is 71.5 Å². The van der Waals surface area contributed by atoms with Gasteiger partial charge in [0.15, 0.2) is 0 Å². The number of carbonyl (C=O) groups excluding carboxylic acids is 1. The average molecular weight is 513 g/mol. The van der Waals surface area contributed by atoms with Crippen molar-refractivity contribution in [1.29, 1.82) is 0 Å². The summed E-state index contributed by atoms with van der Waals surface area (Å²) in [5.74, 6) is 1.42. The number of urea groups is 1. The van der Waals surface area contributed by atoms with Gasteiger partial charge in [0.05, 0.1) is 29.7 Å². The van der Waals surface area contributed by atoms with Crippen LogP contribution in [-0.2, 0) is 0 Å². The summed E-state index contributed by atoms with van der Waals surface area (Å²) in [6.07, 6.45) is 0.577. The highest BCUT2D eigenvalue weighted by molar-refractivity contribution is 5.91. The van der Waals surface area contributed by atoms with E-state index in [0.717, 1.165) is 16.8 Å². The van der Waals surface area contributed by atoms with Gasteiger partial charge in [-0.25, -0.2) is 9.78 Å². The average Bonchev–Trinajstić information content (AvgIpc) is 2.91. The minimum atomic E-state index is -0.443. The molecule has 1 heterocycles. The molecule has 4 aromatic rings. The lowest BCUT2D eigenvalue weighted by Crippen LogP contribution is -2.42. The summed E-state index contributed by atoms with van der Waals surface area (Å²) in [6.45, 7) is 10.6. The van der Waals surface area contributed by atoms with Crippen LogP contribution in [0.2, 0.25) is 0 Å². The van der Waals surface area contributed by atoms with Crippen molar-refractivity contribution >= 4 is 22.6 Å². The van der Waals surface area contributed by atoms with Gasteiger partial charge in [0, 0.05) is 12.2 Å². The van der Waals surface area contributed by atoms with Crippen molar-refractivity contribution < 1.29 is 9.53 Å². The van der Waals surface area contributed by atoms with E-state index < -0.39 is 6.04 Å². The molecule has 0 fully saturated rings. The Morgan fingerprint density at radius 2 is 1.66 bits per heavy atom. The van der Waals surface area contributed by atoms with Gasteiger partial charge < -0.3 is 15.0 Å². The second kappa shape index (κ2) is 11.5. The molecule has 0 bridgehead atoms. The van der Waals surface area contributed by atoms with Crippen LogP contribution in [0.1, 0.15) is 50.2 Å². The summed E-state index contributed by atoms with van der Waals surface area (Å²) in [4.78, 5) is 34.6. The molecule has 1 N–H and O–H groups in total. The number of hydrogen-bond donors (Lipinski definition) is 1. The normalized spacial score (nSPS) is 12.0. The van der Waals surface area contributed by atoms with E-state index in [4.69, 9.17) is 9.72 Å². The molecule has 0 aliphatic heterocycles. The van der Waals surface area contributed by atoms with E-state index in [1.54, 1.807) is 17.7 Å². The topological polar surface area (TPSA) is 76.5 Å². The Morgan fingerprint density at radius 1 is 1.00 bits per heavy atom. The van der Waals surface area contributed by atoms with Crippen molar-refractivity contribution in [2.24, 2.45) is 5.92 Å². The van der Waals surface area contributed by atoms with Crippen LogP contribution in [0.4, 0.5) is 10.5 Å². The zero-order chi connectivity index (χ0) is 27.4. The van der Waals surface area contributed by atoms with Gasteiger partial charge in [0.1, 0.15) is 11.6 Å². The number of amides is 2. The van der Waals surface area contributed by atoms with E-state index in [0.29, 0.717) is 41.1 Å². The summed E-state index contributed by atoms with van der Waals surface area (Å²) in [7, 11) is 1.61. The van der Waals surface area contributed by atoms with Crippen molar-refractivity contribution in [2.45, 2.75) is 47.1 Å². The predicted octanol–water partition coefficient (Wildman–Crippen LogP) is 6.65. The SMILES string of the molecule is CCC(c1nc2ccccc2c(=O)n1-c1ccc(OC)cc1)N(CC(C)C)C(=O)Nc1c(C)cccc1C. The number of para-hydroxylation sites is 2. The third kappa shape index (κ3) is 5.42. The number of aromatic nitrogens is 2. The van der Waals surface area contributed by atoms with Gasteiger partial charge in [0.2, 0.25) is 0 Å². The Balaban J connectivity index is 1.89. The number of aryl methyl sites for hydroxylation is 2. The van der Waals surface area contributed by atoms with E-state index in [2.05, 4.69) is 19.2 Å². The highest BCUT2D eigenvalue weighted by atomic mass is 16.5. The number of rotatable bonds is 8. The van der Waals surface area contributed by atoms with Crippen molar-refractivity contribution in [3.8, 4) is 11.4 Å². The van der Waals surface area contributed by atoms with E-state index in [1.165, 1.54) is 0 Å². The third-order valence-corrected chi connectivity index (χ3v) is 6.73. The lowest BCUT2D eigenvalue weighted by Gasteiger charge is -2.34. The largest absolute Gasteiger partial charge is 0.497 e. The van der Waals surface area contributed by atoms with Crippen molar-refractivity contribution in [3.05, 3.63) is 94.0 Å². The van der Waals surface area contributed by atoms with Crippen molar-refractivity contribution in [2.75, 3.05) is 19.0 Å². The Hall–Kier alpha value is -4.13. The van der Waals surface area contributed by atoms with E-state index >= 15 is 0 Å². The zero-order valence-electron chi connectivity index (χ0n) is 23.0. The fourth-order valence-electron chi connectivity index (χ4n) is 4.83. The fourth-order valence-corrected chi connectivity index (χ4v) is 4.83. The summed E-state index contributed by atoms with van der Waals surface area (Å²) in [6, 6.07) is 20.0. The Kier molecular flexibility index (Phi) is 8.15. The van der Waals surface area contributed by atoms with Gasteiger partial charge in [-0.3, -0.25) is 9.36 Å². The monoisotopic (exact) mass is 512 g/mol. The first-order valence-corrected chi connectivity index (χ1v) is 13.0. The molecule has 0 saturated carbocycles. The fraction of sp³-hybridized carbons (Fsp3) is 0.323. The lowest BCUT2D eigenvalue weighted by molar-refractivity contribution is 0.171. The molecule has 1 atom stereocenters. The first-order valence-electron chi connectivity index (χ1n) is 13.0. The number of anilines is 1. The van der Waals surface area contributed by atoms with Gasteiger partial charge in [-0.05, 0) is 73.7 Å². The Bertz CT molecular complexity index is 1470. The maximum Gasteiger partial charge on any atom is 0.322 e. The van der Waals surface area contributed by atoms with Gasteiger partial charge in [-0.1, -0.05) is 51.1 Å². The van der Waals surface area contributed by atoms with Crippen LogP contribution >= 0.6 is 0 Å². The highest BCUT2D eigenvalue weighted by Gasteiger charge is 2.30. The maximum atomic E-state index is 13.9. The molecule has 0 radical (unpaired) electrons. The Labute approximate surface area is 224 Å². The van der Waals surface area contributed by atoms with Crippen molar-refractivity contribution in [1.82, 2.24) is 14.5 Å². The minimum absolute atomic E-state index is 0.172. The van der Waals surface area contributed by atoms with Gasteiger partial charge >= 0.3 is 6.03 Å². The number of ether oxygens (including phenoxy) is 1. The maximum absolute atomic E-state index is 13.9.